The molecule has 0 heterocycles. The molecule has 1 heteroatoms. The van der Waals surface area contributed by atoms with E-state index in [0.29, 0.717) is 16.7 Å². The third kappa shape index (κ3) is 1.59. The van der Waals surface area contributed by atoms with Crippen LogP contribution in [-0.2, 0) is 0 Å². The highest BCUT2D eigenvalue weighted by Gasteiger charge is 2.63. The predicted octanol–water partition coefficient (Wildman–Crippen LogP) is 4.78. The van der Waals surface area contributed by atoms with Crippen LogP contribution in [0.1, 0.15) is 78.6 Å². The SMILES string of the molecule is C[C@H]1C[C@@]23CC[C@H]4[C@@](C)(CCC[C@]4(C)O)[C@@H]2CC[C@@H]1C3. The monoisotopic (exact) mass is 276 g/mol. The van der Waals surface area contributed by atoms with E-state index >= 15 is 0 Å². The first-order chi connectivity index (χ1) is 9.37. The van der Waals surface area contributed by atoms with Crippen LogP contribution in [0.3, 0.4) is 0 Å². The van der Waals surface area contributed by atoms with Gasteiger partial charge >= 0.3 is 0 Å². The molecule has 20 heavy (non-hydrogen) atoms. The van der Waals surface area contributed by atoms with Crippen molar-refractivity contribution in [2.24, 2.45) is 34.5 Å². The smallest absolute Gasteiger partial charge is 0.0653 e. The molecule has 0 aliphatic heterocycles. The van der Waals surface area contributed by atoms with Crippen LogP contribution in [0.5, 0.6) is 0 Å². The fraction of sp³-hybridized carbons (Fsp3) is 1.00. The second-order valence-corrected chi connectivity index (χ2v) is 9.45. The molecule has 4 saturated carbocycles. The summed E-state index contributed by atoms with van der Waals surface area (Å²) in [6.45, 7) is 7.20. The van der Waals surface area contributed by atoms with Crippen LogP contribution >= 0.6 is 0 Å². The summed E-state index contributed by atoms with van der Waals surface area (Å²) in [5.74, 6) is 3.45. The molecular formula is C19H32O. The summed E-state index contributed by atoms with van der Waals surface area (Å²) in [7, 11) is 0. The maximum Gasteiger partial charge on any atom is 0.0653 e. The Kier molecular flexibility index (Phi) is 2.74. The molecular weight excluding hydrogens is 244 g/mol. The molecule has 0 amide bonds. The zero-order valence-electron chi connectivity index (χ0n) is 13.6. The molecule has 0 radical (unpaired) electrons. The van der Waals surface area contributed by atoms with Gasteiger partial charge in [-0.15, -0.1) is 0 Å². The van der Waals surface area contributed by atoms with Gasteiger partial charge in [0.25, 0.3) is 0 Å². The van der Waals surface area contributed by atoms with E-state index < -0.39 is 5.60 Å². The number of hydrogen-bond acceptors (Lipinski definition) is 1. The van der Waals surface area contributed by atoms with E-state index in [2.05, 4.69) is 20.8 Å². The zero-order chi connectivity index (χ0) is 14.2. The summed E-state index contributed by atoms with van der Waals surface area (Å²) >= 11 is 0. The van der Waals surface area contributed by atoms with Gasteiger partial charge in [0.1, 0.15) is 0 Å². The molecule has 114 valence electrons. The maximum absolute atomic E-state index is 10.9. The van der Waals surface area contributed by atoms with Crippen LogP contribution in [0.2, 0.25) is 0 Å². The summed E-state index contributed by atoms with van der Waals surface area (Å²) in [6, 6.07) is 0. The average Bonchev–Trinajstić information content (AvgIpc) is 2.58. The standard InChI is InChI=1S/C19H32O/c1-13-11-19-10-7-15-17(2,8-4-9-18(15,3)20)16(19)6-5-14(13)12-19/h13-16,20H,4-12H2,1-3H3/t13-,14+,15-,16-,17+,18-,19+/m0/s1. The van der Waals surface area contributed by atoms with Crippen molar-refractivity contribution >= 4 is 0 Å². The van der Waals surface area contributed by atoms with Gasteiger partial charge in [-0.05, 0) is 92.8 Å². The van der Waals surface area contributed by atoms with Crippen LogP contribution in [0.25, 0.3) is 0 Å². The number of rotatable bonds is 0. The summed E-state index contributed by atoms with van der Waals surface area (Å²) in [5, 5.41) is 10.9. The molecule has 2 bridgehead atoms. The van der Waals surface area contributed by atoms with Crippen LogP contribution in [0, 0.1) is 34.5 Å². The van der Waals surface area contributed by atoms with E-state index in [9.17, 15) is 5.11 Å². The highest BCUT2D eigenvalue weighted by atomic mass is 16.3. The Bertz CT molecular complexity index is 410. The molecule has 4 aliphatic rings. The summed E-state index contributed by atoms with van der Waals surface area (Å²) < 4.78 is 0. The lowest BCUT2D eigenvalue weighted by Crippen LogP contribution is -2.58. The summed E-state index contributed by atoms with van der Waals surface area (Å²) in [5.41, 5.74) is 0.700. The Hall–Kier alpha value is -0.0400. The molecule has 7 atom stereocenters. The molecule has 0 unspecified atom stereocenters. The molecule has 4 rings (SSSR count). The van der Waals surface area contributed by atoms with Gasteiger partial charge in [-0.25, -0.2) is 0 Å². The Balaban J connectivity index is 1.72. The van der Waals surface area contributed by atoms with E-state index in [4.69, 9.17) is 0 Å². The summed E-state index contributed by atoms with van der Waals surface area (Å²) in [6.07, 6.45) is 12.3. The van der Waals surface area contributed by atoms with Crippen LogP contribution in [-0.4, -0.2) is 10.7 Å². The Morgan fingerprint density at radius 1 is 0.900 bits per heavy atom. The predicted molar refractivity (Wildman–Crippen MR) is 82.4 cm³/mol. The lowest BCUT2D eigenvalue weighted by atomic mass is 9.43. The van der Waals surface area contributed by atoms with Crippen molar-refractivity contribution in [3.8, 4) is 0 Å². The first-order valence-corrected chi connectivity index (χ1v) is 9.10. The third-order valence-electron chi connectivity index (χ3n) is 8.44. The van der Waals surface area contributed by atoms with Gasteiger partial charge in [0.15, 0.2) is 0 Å². The fourth-order valence-corrected chi connectivity index (χ4v) is 7.76. The van der Waals surface area contributed by atoms with Crippen molar-refractivity contribution in [1.82, 2.24) is 0 Å². The van der Waals surface area contributed by atoms with Gasteiger partial charge < -0.3 is 5.11 Å². The van der Waals surface area contributed by atoms with Gasteiger partial charge in [0.2, 0.25) is 0 Å². The fourth-order valence-electron chi connectivity index (χ4n) is 7.76. The normalized spacial score (nSPS) is 61.8. The van der Waals surface area contributed by atoms with E-state index in [1.54, 1.807) is 0 Å². The van der Waals surface area contributed by atoms with Gasteiger partial charge in [-0.1, -0.05) is 20.3 Å². The second-order valence-electron chi connectivity index (χ2n) is 9.45. The van der Waals surface area contributed by atoms with Crippen LogP contribution in [0.15, 0.2) is 0 Å². The van der Waals surface area contributed by atoms with Crippen molar-refractivity contribution in [1.29, 1.82) is 0 Å². The lowest BCUT2D eigenvalue weighted by Gasteiger charge is -2.63. The Labute approximate surface area is 124 Å². The molecule has 0 aromatic carbocycles. The minimum atomic E-state index is -0.393. The molecule has 1 spiro atoms. The molecule has 0 aromatic heterocycles. The van der Waals surface area contributed by atoms with Crippen LogP contribution < -0.4 is 0 Å². The minimum Gasteiger partial charge on any atom is -0.390 e. The minimum absolute atomic E-state index is 0.393. The van der Waals surface area contributed by atoms with Crippen LogP contribution in [0.4, 0.5) is 0 Å². The number of hydrogen-bond donors (Lipinski definition) is 1. The van der Waals surface area contributed by atoms with Gasteiger partial charge in [-0.2, -0.15) is 0 Å². The van der Waals surface area contributed by atoms with Crippen molar-refractivity contribution in [3.63, 3.8) is 0 Å². The van der Waals surface area contributed by atoms with Gasteiger partial charge in [0, 0.05) is 0 Å². The molecule has 1 nitrogen and oxygen atoms in total. The van der Waals surface area contributed by atoms with Crippen molar-refractivity contribution in [2.45, 2.75) is 84.2 Å². The van der Waals surface area contributed by atoms with Crippen molar-refractivity contribution in [3.05, 3.63) is 0 Å². The van der Waals surface area contributed by atoms with Gasteiger partial charge in [0.05, 0.1) is 5.60 Å². The third-order valence-corrected chi connectivity index (χ3v) is 8.44. The highest BCUT2D eigenvalue weighted by molar-refractivity contribution is 5.13. The Morgan fingerprint density at radius 3 is 2.50 bits per heavy atom. The molecule has 1 N–H and O–H groups in total. The lowest BCUT2D eigenvalue weighted by molar-refractivity contribution is -0.180. The van der Waals surface area contributed by atoms with Crippen molar-refractivity contribution < 1.29 is 5.11 Å². The second kappa shape index (κ2) is 4.03. The van der Waals surface area contributed by atoms with E-state index in [1.807, 2.05) is 0 Å². The first kappa shape index (κ1) is 13.6. The molecule has 0 saturated heterocycles. The zero-order valence-corrected chi connectivity index (χ0v) is 13.6. The molecule has 4 fully saturated rings. The molecule has 0 aromatic rings. The number of fused-ring (bicyclic) bond motifs is 3. The maximum atomic E-state index is 10.9. The largest absolute Gasteiger partial charge is 0.390 e. The van der Waals surface area contributed by atoms with E-state index in [-0.39, 0.29) is 0 Å². The molecule has 4 aliphatic carbocycles. The first-order valence-electron chi connectivity index (χ1n) is 9.10. The summed E-state index contributed by atoms with van der Waals surface area (Å²) in [4.78, 5) is 0. The van der Waals surface area contributed by atoms with Gasteiger partial charge in [-0.3, -0.25) is 0 Å². The van der Waals surface area contributed by atoms with E-state index in [1.165, 1.54) is 51.4 Å². The highest BCUT2D eigenvalue weighted by Crippen LogP contribution is 2.71. The number of aliphatic hydroxyl groups is 1. The van der Waals surface area contributed by atoms with Crippen molar-refractivity contribution in [2.75, 3.05) is 0 Å². The average molecular weight is 276 g/mol. The quantitative estimate of drug-likeness (QED) is 0.675. The Morgan fingerprint density at radius 2 is 1.70 bits per heavy atom. The topological polar surface area (TPSA) is 20.2 Å². The van der Waals surface area contributed by atoms with E-state index in [0.717, 1.165) is 24.2 Å².